The second-order valence-corrected chi connectivity index (χ2v) is 5.49. The maximum Gasteiger partial charge on any atom is 0.245 e. The summed E-state index contributed by atoms with van der Waals surface area (Å²) in [6.45, 7) is 0.894. The minimum Gasteiger partial charge on any atom is -0.338 e. The van der Waals surface area contributed by atoms with Gasteiger partial charge in [-0.2, -0.15) is 0 Å². The molecule has 1 atom stereocenters. The summed E-state index contributed by atoms with van der Waals surface area (Å²) >= 11 is 1.70. The number of carbonyl (C=O) groups is 1. The Kier molecular flexibility index (Phi) is 2.48. The van der Waals surface area contributed by atoms with Gasteiger partial charge in [0.1, 0.15) is 6.04 Å². The van der Waals surface area contributed by atoms with Gasteiger partial charge in [-0.25, -0.2) is 0 Å². The zero-order valence-electron chi connectivity index (χ0n) is 9.40. The van der Waals surface area contributed by atoms with Crippen molar-refractivity contribution in [2.45, 2.75) is 31.3 Å². The number of nitrogens with one attached hydrogen (secondary N) is 1. The van der Waals surface area contributed by atoms with E-state index in [1.54, 1.807) is 11.3 Å². The molecule has 0 radical (unpaired) electrons. The molecular weight excluding hydrogens is 220 g/mol. The Morgan fingerprint density at radius 3 is 3.00 bits per heavy atom. The third kappa shape index (κ3) is 1.57. The number of carbonyl (C=O) groups excluding carboxylic acids is 1. The van der Waals surface area contributed by atoms with Crippen LogP contribution in [0.25, 0.3) is 0 Å². The average molecular weight is 236 g/mol. The standard InChI is InChI=1S/C12H16N2OS/c1-13-10-11-8(5-7-16-11)4-6-14(12(10)15)9-2-3-9/h5,7,9-10,13H,2-4,6H2,1H3. The summed E-state index contributed by atoms with van der Waals surface area (Å²) in [5.41, 5.74) is 1.35. The van der Waals surface area contributed by atoms with Crippen molar-refractivity contribution >= 4 is 17.2 Å². The normalized spacial score (nSPS) is 25.4. The van der Waals surface area contributed by atoms with Gasteiger partial charge in [0.25, 0.3) is 0 Å². The third-order valence-electron chi connectivity index (χ3n) is 3.47. The summed E-state index contributed by atoms with van der Waals surface area (Å²) in [5, 5.41) is 5.26. The van der Waals surface area contributed by atoms with E-state index in [0.717, 1.165) is 13.0 Å². The summed E-state index contributed by atoms with van der Waals surface area (Å²) in [4.78, 5) is 15.7. The predicted molar refractivity (Wildman–Crippen MR) is 64.6 cm³/mol. The molecule has 0 spiro atoms. The largest absolute Gasteiger partial charge is 0.338 e. The molecule has 4 heteroatoms. The molecule has 1 amide bonds. The van der Waals surface area contributed by atoms with E-state index < -0.39 is 0 Å². The number of fused-ring (bicyclic) bond motifs is 1. The minimum atomic E-state index is -0.113. The van der Waals surface area contributed by atoms with Gasteiger partial charge < -0.3 is 10.2 Å². The molecule has 86 valence electrons. The molecule has 0 bridgehead atoms. The molecule has 1 fully saturated rings. The lowest BCUT2D eigenvalue weighted by atomic mass is 10.1. The quantitative estimate of drug-likeness (QED) is 0.845. The summed E-state index contributed by atoms with van der Waals surface area (Å²) in [6, 6.07) is 2.57. The first-order chi connectivity index (χ1) is 7.81. The second-order valence-electron chi connectivity index (χ2n) is 4.54. The van der Waals surface area contributed by atoms with Crippen LogP contribution in [0.1, 0.15) is 29.3 Å². The van der Waals surface area contributed by atoms with E-state index in [-0.39, 0.29) is 11.9 Å². The Labute approximate surface area is 99.5 Å². The van der Waals surface area contributed by atoms with Gasteiger partial charge >= 0.3 is 0 Å². The Hall–Kier alpha value is -0.870. The molecule has 16 heavy (non-hydrogen) atoms. The van der Waals surface area contributed by atoms with Crippen molar-refractivity contribution in [2.24, 2.45) is 0 Å². The van der Waals surface area contributed by atoms with Crippen molar-refractivity contribution in [3.63, 3.8) is 0 Å². The lowest BCUT2D eigenvalue weighted by Gasteiger charge is -2.23. The number of hydrogen-bond acceptors (Lipinski definition) is 3. The van der Waals surface area contributed by atoms with E-state index in [4.69, 9.17) is 0 Å². The fraction of sp³-hybridized carbons (Fsp3) is 0.583. The van der Waals surface area contributed by atoms with Crippen molar-refractivity contribution in [3.8, 4) is 0 Å². The smallest absolute Gasteiger partial charge is 0.245 e. The minimum absolute atomic E-state index is 0.113. The van der Waals surface area contributed by atoms with Gasteiger partial charge in [0.2, 0.25) is 5.91 Å². The summed E-state index contributed by atoms with van der Waals surface area (Å²) in [6.07, 6.45) is 3.39. The number of likely N-dealkylation sites (N-methyl/N-ethyl adjacent to an activating group) is 1. The lowest BCUT2D eigenvalue weighted by Crippen LogP contribution is -2.40. The first kappa shape index (κ1) is 10.3. The van der Waals surface area contributed by atoms with Crippen molar-refractivity contribution in [2.75, 3.05) is 13.6 Å². The molecule has 2 aliphatic rings. The van der Waals surface area contributed by atoms with Gasteiger partial charge in [0, 0.05) is 17.5 Å². The Bertz CT molecular complexity index is 411. The van der Waals surface area contributed by atoms with Gasteiger partial charge in [-0.05, 0) is 43.3 Å². The van der Waals surface area contributed by atoms with Crippen LogP contribution in [0.4, 0.5) is 0 Å². The molecule has 1 aromatic heterocycles. The summed E-state index contributed by atoms with van der Waals surface area (Å²) < 4.78 is 0. The van der Waals surface area contributed by atoms with Crippen LogP contribution >= 0.6 is 11.3 Å². The van der Waals surface area contributed by atoms with Gasteiger partial charge in [-0.3, -0.25) is 4.79 Å². The third-order valence-corrected chi connectivity index (χ3v) is 4.50. The number of nitrogens with zero attached hydrogens (tertiary/aromatic N) is 1. The topological polar surface area (TPSA) is 32.3 Å². The second kappa shape index (κ2) is 3.86. The highest BCUT2D eigenvalue weighted by atomic mass is 32.1. The van der Waals surface area contributed by atoms with E-state index >= 15 is 0 Å². The van der Waals surface area contributed by atoms with Gasteiger partial charge in [-0.1, -0.05) is 0 Å². The van der Waals surface area contributed by atoms with Crippen molar-refractivity contribution in [3.05, 3.63) is 21.9 Å². The highest BCUT2D eigenvalue weighted by molar-refractivity contribution is 7.10. The Balaban J connectivity index is 1.94. The maximum atomic E-state index is 12.4. The van der Waals surface area contributed by atoms with Crippen LogP contribution in [-0.2, 0) is 11.2 Å². The summed E-state index contributed by atoms with van der Waals surface area (Å²) in [7, 11) is 1.88. The van der Waals surface area contributed by atoms with Crippen molar-refractivity contribution in [1.82, 2.24) is 10.2 Å². The molecule has 2 heterocycles. The maximum absolute atomic E-state index is 12.4. The molecule has 1 N–H and O–H groups in total. The Morgan fingerprint density at radius 1 is 1.50 bits per heavy atom. The predicted octanol–water partition coefficient (Wildman–Crippen LogP) is 1.56. The fourth-order valence-electron chi connectivity index (χ4n) is 2.44. The number of thiophene rings is 1. The Morgan fingerprint density at radius 2 is 2.31 bits per heavy atom. The number of hydrogen-bond donors (Lipinski definition) is 1. The molecule has 0 aromatic carbocycles. The van der Waals surface area contributed by atoms with Crippen LogP contribution in [-0.4, -0.2) is 30.4 Å². The van der Waals surface area contributed by atoms with Gasteiger partial charge in [0.15, 0.2) is 0 Å². The van der Waals surface area contributed by atoms with Crippen LogP contribution in [0, 0.1) is 0 Å². The van der Waals surface area contributed by atoms with Gasteiger partial charge in [-0.15, -0.1) is 11.3 Å². The van der Waals surface area contributed by atoms with Crippen molar-refractivity contribution < 1.29 is 4.79 Å². The van der Waals surface area contributed by atoms with E-state index in [1.807, 2.05) is 7.05 Å². The SMILES string of the molecule is CNC1C(=O)N(C2CC2)CCc2ccsc21. The van der Waals surface area contributed by atoms with Crippen LogP contribution < -0.4 is 5.32 Å². The molecule has 3 nitrogen and oxygen atoms in total. The highest BCUT2D eigenvalue weighted by Gasteiger charge is 2.38. The highest BCUT2D eigenvalue weighted by Crippen LogP contribution is 2.34. The van der Waals surface area contributed by atoms with E-state index in [0.29, 0.717) is 6.04 Å². The number of amides is 1. The molecule has 1 aliphatic heterocycles. The molecule has 3 rings (SSSR count). The average Bonchev–Trinajstić information content (AvgIpc) is 3.03. The van der Waals surface area contributed by atoms with Crippen LogP contribution in [0.3, 0.4) is 0 Å². The van der Waals surface area contributed by atoms with E-state index in [2.05, 4.69) is 21.7 Å². The van der Waals surface area contributed by atoms with Crippen LogP contribution in [0.5, 0.6) is 0 Å². The fourth-order valence-corrected chi connectivity index (χ4v) is 3.49. The molecule has 1 unspecified atom stereocenters. The molecule has 0 saturated heterocycles. The van der Waals surface area contributed by atoms with Gasteiger partial charge in [0.05, 0.1) is 0 Å². The first-order valence-corrected chi connectivity index (χ1v) is 6.73. The van der Waals surface area contributed by atoms with Crippen LogP contribution in [0.2, 0.25) is 0 Å². The van der Waals surface area contributed by atoms with E-state index in [9.17, 15) is 4.79 Å². The summed E-state index contributed by atoms with van der Waals surface area (Å²) in [5.74, 6) is 0.270. The molecular formula is C12H16N2OS. The number of rotatable bonds is 2. The molecule has 1 aromatic rings. The van der Waals surface area contributed by atoms with E-state index in [1.165, 1.54) is 23.3 Å². The molecule has 1 saturated carbocycles. The molecule has 1 aliphatic carbocycles. The monoisotopic (exact) mass is 236 g/mol. The zero-order valence-corrected chi connectivity index (χ0v) is 10.2. The first-order valence-electron chi connectivity index (χ1n) is 5.85. The van der Waals surface area contributed by atoms with Crippen LogP contribution in [0.15, 0.2) is 11.4 Å². The zero-order chi connectivity index (χ0) is 11.1. The lowest BCUT2D eigenvalue weighted by molar-refractivity contribution is -0.133. The van der Waals surface area contributed by atoms with Crippen molar-refractivity contribution in [1.29, 1.82) is 0 Å².